The number of hydrogen-bond acceptors (Lipinski definition) is 4. The molecule has 1 atom stereocenters. The van der Waals surface area contributed by atoms with Gasteiger partial charge in [0.2, 0.25) is 0 Å². The van der Waals surface area contributed by atoms with Crippen molar-refractivity contribution in [2.45, 2.75) is 45.3 Å². The molecule has 0 heterocycles. The number of ether oxygens (including phenoxy) is 1. The fourth-order valence-electron chi connectivity index (χ4n) is 1.98. The third-order valence-corrected chi connectivity index (χ3v) is 3.12. The second kappa shape index (κ2) is 7.88. The first-order valence-electron chi connectivity index (χ1n) is 7.03. The molecule has 0 aromatic heterocycles. The molecular weight excluding hydrogens is 252 g/mol. The van der Waals surface area contributed by atoms with Crippen LogP contribution in [0.1, 0.15) is 39.2 Å². The molecule has 4 nitrogen and oxygen atoms in total. The zero-order valence-corrected chi connectivity index (χ0v) is 12.5. The number of benzene rings is 1. The van der Waals surface area contributed by atoms with Crippen molar-refractivity contribution < 1.29 is 9.84 Å². The van der Waals surface area contributed by atoms with E-state index in [1.165, 1.54) is 0 Å². The maximum atomic E-state index is 9.90. The topological polar surface area (TPSA) is 65.3 Å². The zero-order valence-electron chi connectivity index (χ0n) is 12.5. The molecule has 0 radical (unpaired) electrons. The largest absolute Gasteiger partial charge is 0.491 e. The molecule has 0 aliphatic heterocycles. The second-order valence-corrected chi connectivity index (χ2v) is 5.62. The molecule has 1 unspecified atom stereocenters. The van der Waals surface area contributed by atoms with Crippen molar-refractivity contribution in [3.63, 3.8) is 0 Å². The minimum absolute atomic E-state index is 0.0319. The molecule has 0 saturated carbocycles. The lowest BCUT2D eigenvalue weighted by atomic mass is 9.99. The summed E-state index contributed by atoms with van der Waals surface area (Å²) in [5.74, 6) is 0.663. The number of nitrogens with zero attached hydrogens (tertiary/aromatic N) is 1. The van der Waals surface area contributed by atoms with E-state index in [-0.39, 0.29) is 12.1 Å². The number of hydrogen-bond donors (Lipinski definition) is 2. The van der Waals surface area contributed by atoms with Crippen LogP contribution in [0.2, 0.25) is 0 Å². The smallest absolute Gasteiger partial charge is 0.119 e. The van der Waals surface area contributed by atoms with Crippen molar-refractivity contribution in [1.29, 1.82) is 5.26 Å². The van der Waals surface area contributed by atoms with Gasteiger partial charge in [0.05, 0.1) is 11.6 Å². The Hall–Kier alpha value is -1.57. The fraction of sp³-hybridized carbons (Fsp3) is 0.562. The van der Waals surface area contributed by atoms with Gasteiger partial charge in [-0.05, 0) is 44.5 Å². The Kier molecular flexibility index (Phi) is 6.50. The maximum Gasteiger partial charge on any atom is 0.119 e. The van der Waals surface area contributed by atoms with Crippen LogP contribution in [-0.2, 0) is 0 Å². The molecule has 20 heavy (non-hydrogen) atoms. The standard InChI is InChI=1S/C16H24N2O2/c1-4-9-16(2,3)18-11-14(19)12-20-15-7-5-13(10-17)6-8-15/h5-8,14,18-19H,4,9,11-12H2,1-3H3. The van der Waals surface area contributed by atoms with E-state index in [2.05, 4.69) is 32.2 Å². The van der Waals surface area contributed by atoms with Gasteiger partial charge in [0, 0.05) is 12.1 Å². The number of aliphatic hydroxyl groups is 1. The van der Waals surface area contributed by atoms with Gasteiger partial charge in [0.25, 0.3) is 0 Å². The van der Waals surface area contributed by atoms with Gasteiger partial charge in [-0.25, -0.2) is 0 Å². The lowest BCUT2D eigenvalue weighted by Gasteiger charge is -2.27. The Balaban J connectivity index is 2.32. The molecular formula is C16H24N2O2. The van der Waals surface area contributed by atoms with Crippen LogP contribution in [0, 0.1) is 11.3 Å². The van der Waals surface area contributed by atoms with E-state index in [1.54, 1.807) is 24.3 Å². The van der Waals surface area contributed by atoms with Gasteiger partial charge in [-0.15, -0.1) is 0 Å². The van der Waals surface area contributed by atoms with E-state index in [0.717, 1.165) is 12.8 Å². The minimum atomic E-state index is -0.554. The van der Waals surface area contributed by atoms with Crippen LogP contribution in [0.25, 0.3) is 0 Å². The third kappa shape index (κ3) is 6.05. The van der Waals surface area contributed by atoms with Gasteiger partial charge in [-0.1, -0.05) is 13.3 Å². The summed E-state index contributed by atoms with van der Waals surface area (Å²) in [6.07, 6.45) is 1.62. The predicted molar refractivity (Wildman–Crippen MR) is 79.6 cm³/mol. The van der Waals surface area contributed by atoms with E-state index in [1.807, 2.05) is 0 Å². The highest BCUT2D eigenvalue weighted by Crippen LogP contribution is 2.13. The van der Waals surface area contributed by atoms with E-state index >= 15 is 0 Å². The molecule has 0 fully saturated rings. The van der Waals surface area contributed by atoms with Crippen molar-refractivity contribution in [3.8, 4) is 11.8 Å². The Morgan fingerprint density at radius 3 is 2.55 bits per heavy atom. The van der Waals surface area contributed by atoms with Crippen molar-refractivity contribution in [2.75, 3.05) is 13.2 Å². The van der Waals surface area contributed by atoms with Crippen molar-refractivity contribution in [2.24, 2.45) is 0 Å². The molecule has 1 aromatic rings. The number of nitrogens with one attached hydrogen (secondary N) is 1. The Labute approximate surface area is 121 Å². The van der Waals surface area contributed by atoms with Crippen LogP contribution >= 0.6 is 0 Å². The summed E-state index contributed by atoms with van der Waals surface area (Å²) in [5, 5.41) is 21.9. The van der Waals surface area contributed by atoms with E-state index < -0.39 is 6.10 Å². The average Bonchev–Trinajstić information content (AvgIpc) is 2.43. The Morgan fingerprint density at radius 1 is 1.35 bits per heavy atom. The third-order valence-electron chi connectivity index (χ3n) is 3.12. The number of nitriles is 1. The Bertz CT molecular complexity index is 435. The first-order chi connectivity index (χ1) is 9.46. The zero-order chi connectivity index (χ0) is 15.0. The van der Waals surface area contributed by atoms with E-state index in [0.29, 0.717) is 17.9 Å². The highest BCUT2D eigenvalue weighted by atomic mass is 16.5. The molecule has 0 saturated heterocycles. The predicted octanol–water partition coefficient (Wildman–Crippen LogP) is 2.47. The second-order valence-electron chi connectivity index (χ2n) is 5.62. The van der Waals surface area contributed by atoms with Gasteiger partial charge in [-0.2, -0.15) is 5.26 Å². The van der Waals surface area contributed by atoms with Gasteiger partial charge < -0.3 is 15.2 Å². The quantitative estimate of drug-likeness (QED) is 0.765. The fourth-order valence-corrected chi connectivity index (χ4v) is 1.98. The van der Waals surface area contributed by atoms with Gasteiger partial charge >= 0.3 is 0 Å². The van der Waals surface area contributed by atoms with Crippen LogP contribution in [0.15, 0.2) is 24.3 Å². The van der Waals surface area contributed by atoms with Crippen LogP contribution in [0.3, 0.4) is 0 Å². The number of aliphatic hydroxyl groups excluding tert-OH is 1. The number of rotatable bonds is 8. The summed E-state index contributed by atoms with van der Waals surface area (Å²) in [6, 6.07) is 8.92. The van der Waals surface area contributed by atoms with Crippen molar-refractivity contribution in [1.82, 2.24) is 5.32 Å². The summed E-state index contributed by atoms with van der Waals surface area (Å²) in [4.78, 5) is 0. The van der Waals surface area contributed by atoms with Crippen LogP contribution < -0.4 is 10.1 Å². The van der Waals surface area contributed by atoms with Crippen LogP contribution in [0.4, 0.5) is 0 Å². The van der Waals surface area contributed by atoms with Gasteiger partial charge in [0.1, 0.15) is 18.5 Å². The van der Waals surface area contributed by atoms with E-state index in [9.17, 15) is 5.11 Å². The molecule has 0 bridgehead atoms. The summed E-state index contributed by atoms with van der Waals surface area (Å²) >= 11 is 0. The molecule has 0 aliphatic rings. The van der Waals surface area contributed by atoms with Crippen molar-refractivity contribution in [3.05, 3.63) is 29.8 Å². The average molecular weight is 276 g/mol. The Morgan fingerprint density at radius 2 is 2.00 bits per heavy atom. The number of β-amino-alcohol motifs (C(OH)–C–C–N with tert-alkyl or cyclic N) is 1. The molecule has 4 heteroatoms. The maximum absolute atomic E-state index is 9.90. The van der Waals surface area contributed by atoms with E-state index in [4.69, 9.17) is 10.00 Å². The monoisotopic (exact) mass is 276 g/mol. The highest BCUT2D eigenvalue weighted by molar-refractivity contribution is 5.34. The summed E-state index contributed by atoms with van der Waals surface area (Å²) < 4.78 is 5.49. The van der Waals surface area contributed by atoms with Crippen LogP contribution in [-0.4, -0.2) is 29.9 Å². The highest BCUT2D eigenvalue weighted by Gasteiger charge is 2.17. The van der Waals surface area contributed by atoms with Gasteiger partial charge in [-0.3, -0.25) is 0 Å². The lowest BCUT2D eigenvalue weighted by molar-refractivity contribution is 0.0981. The normalized spacial score (nSPS) is 12.8. The van der Waals surface area contributed by atoms with Crippen molar-refractivity contribution >= 4 is 0 Å². The molecule has 110 valence electrons. The SMILES string of the molecule is CCCC(C)(C)NCC(O)COc1ccc(C#N)cc1. The molecule has 1 aromatic carbocycles. The first kappa shape index (κ1) is 16.5. The lowest BCUT2D eigenvalue weighted by Crippen LogP contribution is -2.44. The molecule has 0 aliphatic carbocycles. The van der Waals surface area contributed by atoms with Gasteiger partial charge in [0.15, 0.2) is 0 Å². The summed E-state index contributed by atoms with van der Waals surface area (Å²) in [5.41, 5.74) is 0.630. The minimum Gasteiger partial charge on any atom is -0.491 e. The molecule has 2 N–H and O–H groups in total. The first-order valence-corrected chi connectivity index (χ1v) is 7.03. The molecule has 1 rings (SSSR count). The summed E-state index contributed by atoms with van der Waals surface area (Å²) in [6.45, 7) is 7.15. The molecule has 0 spiro atoms. The summed E-state index contributed by atoms with van der Waals surface area (Å²) in [7, 11) is 0. The van der Waals surface area contributed by atoms with Crippen LogP contribution in [0.5, 0.6) is 5.75 Å². The molecule has 0 amide bonds.